The second-order valence-corrected chi connectivity index (χ2v) is 7.74. The summed E-state index contributed by atoms with van der Waals surface area (Å²) in [5.41, 5.74) is 3.94. The maximum absolute atomic E-state index is 12.9. The lowest BCUT2D eigenvalue weighted by Crippen LogP contribution is -2.16. The second-order valence-electron chi connectivity index (χ2n) is 7.74. The molecule has 0 saturated heterocycles. The molecule has 0 saturated carbocycles. The first-order chi connectivity index (χ1) is 16.4. The number of carbonyl (C=O) groups excluding carboxylic acids is 2. The standard InChI is InChI=1S/C24H21N7O3/c1-14-10-16(28-24(33)21-22-15(6-8-25-21)12-27-30(22)2)4-5-18(14)29-23(32)19-13-26-20-11-17(34-3)7-9-31(19)20/h4-13H,1-3H3,(H,28,33)(H,29,32). The van der Waals surface area contributed by atoms with Crippen molar-refractivity contribution in [2.45, 2.75) is 6.92 Å². The van der Waals surface area contributed by atoms with E-state index < -0.39 is 0 Å². The van der Waals surface area contributed by atoms with Gasteiger partial charge in [0.25, 0.3) is 11.8 Å². The van der Waals surface area contributed by atoms with Gasteiger partial charge in [0.05, 0.1) is 25.0 Å². The van der Waals surface area contributed by atoms with Crippen LogP contribution < -0.4 is 15.4 Å². The van der Waals surface area contributed by atoms with Gasteiger partial charge in [-0.2, -0.15) is 5.10 Å². The van der Waals surface area contributed by atoms with Gasteiger partial charge in [0.2, 0.25) is 0 Å². The number of imidazole rings is 1. The summed E-state index contributed by atoms with van der Waals surface area (Å²) in [6.45, 7) is 1.85. The zero-order valence-electron chi connectivity index (χ0n) is 18.7. The molecule has 0 aliphatic rings. The summed E-state index contributed by atoms with van der Waals surface area (Å²) >= 11 is 0. The summed E-state index contributed by atoms with van der Waals surface area (Å²) in [6, 6.07) is 10.6. The number of benzene rings is 1. The third-order valence-electron chi connectivity index (χ3n) is 5.55. The third-order valence-corrected chi connectivity index (χ3v) is 5.55. The van der Waals surface area contributed by atoms with Crippen molar-refractivity contribution in [2.24, 2.45) is 7.05 Å². The number of pyridine rings is 2. The minimum Gasteiger partial charge on any atom is -0.497 e. The Kier molecular flexibility index (Phi) is 5.17. The van der Waals surface area contributed by atoms with Crippen LogP contribution in [0.2, 0.25) is 0 Å². The number of hydrogen-bond acceptors (Lipinski definition) is 6. The van der Waals surface area contributed by atoms with E-state index in [0.717, 1.165) is 10.9 Å². The smallest absolute Gasteiger partial charge is 0.276 e. The highest BCUT2D eigenvalue weighted by molar-refractivity contribution is 6.10. The number of rotatable bonds is 5. The van der Waals surface area contributed by atoms with Crippen LogP contribution in [0.3, 0.4) is 0 Å². The first-order valence-electron chi connectivity index (χ1n) is 10.5. The van der Waals surface area contributed by atoms with Crippen molar-refractivity contribution in [3.8, 4) is 5.75 Å². The Morgan fingerprint density at radius 2 is 1.85 bits per heavy atom. The lowest BCUT2D eigenvalue weighted by atomic mass is 10.1. The molecule has 10 nitrogen and oxygen atoms in total. The quantitative estimate of drug-likeness (QED) is 0.420. The molecule has 0 radical (unpaired) electrons. The molecule has 2 N–H and O–H groups in total. The molecule has 4 heterocycles. The molecule has 0 fully saturated rings. The number of aromatic nitrogens is 5. The van der Waals surface area contributed by atoms with Crippen LogP contribution >= 0.6 is 0 Å². The van der Waals surface area contributed by atoms with E-state index in [1.54, 1.807) is 78.2 Å². The van der Waals surface area contributed by atoms with Crippen molar-refractivity contribution >= 4 is 39.7 Å². The maximum atomic E-state index is 12.9. The Bertz CT molecular complexity index is 1570. The first kappa shape index (κ1) is 21.1. The van der Waals surface area contributed by atoms with Crippen LogP contribution in [0.15, 0.2) is 61.2 Å². The number of amides is 2. The predicted octanol–water partition coefficient (Wildman–Crippen LogP) is 3.44. The third kappa shape index (κ3) is 3.71. The van der Waals surface area contributed by atoms with Gasteiger partial charge in [0, 0.05) is 42.3 Å². The number of aryl methyl sites for hydroxylation is 2. The largest absolute Gasteiger partial charge is 0.497 e. The van der Waals surface area contributed by atoms with Crippen LogP contribution in [0.1, 0.15) is 26.5 Å². The zero-order valence-corrected chi connectivity index (χ0v) is 18.7. The van der Waals surface area contributed by atoms with Crippen LogP contribution in [-0.2, 0) is 7.05 Å². The molecule has 170 valence electrons. The molecule has 0 aliphatic carbocycles. The van der Waals surface area contributed by atoms with E-state index in [4.69, 9.17) is 4.74 Å². The molecule has 34 heavy (non-hydrogen) atoms. The number of nitrogens with zero attached hydrogens (tertiary/aromatic N) is 5. The Hall–Kier alpha value is -4.73. The molecular formula is C24H21N7O3. The Balaban J connectivity index is 1.34. The van der Waals surface area contributed by atoms with Gasteiger partial charge in [-0.25, -0.2) is 9.97 Å². The zero-order chi connectivity index (χ0) is 23.8. The summed E-state index contributed by atoms with van der Waals surface area (Å²) in [6.07, 6.45) is 6.52. The Morgan fingerprint density at radius 3 is 2.65 bits per heavy atom. The van der Waals surface area contributed by atoms with Crippen LogP contribution in [0, 0.1) is 6.92 Å². The molecule has 4 aromatic heterocycles. The molecule has 0 bridgehead atoms. The highest BCUT2D eigenvalue weighted by Gasteiger charge is 2.17. The highest BCUT2D eigenvalue weighted by Crippen LogP contribution is 2.23. The number of fused-ring (bicyclic) bond motifs is 2. The van der Waals surface area contributed by atoms with Crippen LogP contribution in [0.4, 0.5) is 11.4 Å². The molecule has 5 rings (SSSR count). The van der Waals surface area contributed by atoms with Crippen molar-refractivity contribution in [3.05, 3.63) is 78.1 Å². The topological polar surface area (TPSA) is 115 Å². The van der Waals surface area contributed by atoms with Gasteiger partial charge >= 0.3 is 0 Å². The average Bonchev–Trinajstić information content (AvgIpc) is 3.44. The Morgan fingerprint density at radius 1 is 1.00 bits per heavy atom. The fourth-order valence-electron chi connectivity index (χ4n) is 3.80. The molecule has 0 aliphatic heterocycles. The van der Waals surface area contributed by atoms with E-state index in [0.29, 0.717) is 34.0 Å². The van der Waals surface area contributed by atoms with Gasteiger partial charge in [0.15, 0.2) is 5.69 Å². The van der Waals surface area contributed by atoms with Crippen molar-refractivity contribution in [2.75, 3.05) is 17.7 Å². The summed E-state index contributed by atoms with van der Waals surface area (Å²) < 4.78 is 8.51. The number of hydrogen-bond donors (Lipinski definition) is 2. The van der Waals surface area contributed by atoms with Crippen LogP contribution in [-0.4, -0.2) is 43.1 Å². The predicted molar refractivity (Wildman–Crippen MR) is 127 cm³/mol. The minimum absolute atomic E-state index is 0.289. The molecule has 5 aromatic rings. The summed E-state index contributed by atoms with van der Waals surface area (Å²) in [5.74, 6) is 0.0181. The SMILES string of the molecule is COc1ccn2c(C(=O)Nc3ccc(NC(=O)c4nccc5cnn(C)c45)cc3C)cnc2c1. The molecule has 1 aromatic carbocycles. The van der Waals surface area contributed by atoms with Gasteiger partial charge in [-0.3, -0.25) is 18.7 Å². The monoisotopic (exact) mass is 455 g/mol. The molecular weight excluding hydrogens is 434 g/mol. The van der Waals surface area contributed by atoms with Gasteiger partial charge < -0.3 is 15.4 Å². The minimum atomic E-state index is -0.341. The number of carbonyl (C=O) groups is 2. The first-order valence-corrected chi connectivity index (χ1v) is 10.5. The number of anilines is 2. The van der Waals surface area contributed by atoms with Crippen molar-refractivity contribution in [1.82, 2.24) is 24.1 Å². The van der Waals surface area contributed by atoms with E-state index in [1.807, 2.05) is 6.92 Å². The van der Waals surface area contributed by atoms with E-state index >= 15 is 0 Å². The lowest BCUT2D eigenvalue weighted by molar-refractivity contribution is 0.101. The summed E-state index contributed by atoms with van der Waals surface area (Å²) in [5, 5.41) is 10.8. The van der Waals surface area contributed by atoms with Crippen LogP contribution in [0.25, 0.3) is 16.6 Å². The molecule has 10 heteroatoms. The summed E-state index contributed by atoms with van der Waals surface area (Å²) in [4.78, 5) is 34.3. The van der Waals surface area contributed by atoms with Crippen LogP contribution in [0.5, 0.6) is 5.75 Å². The fraction of sp³-hybridized carbons (Fsp3) is 0.125. The molecule has 0 unspecified atom stereocenters. The molecule has 0 atom stereocenters. The number of ether oxygens (including phenoxy) is 1. The number of methoxy groups -OCH3 is 1. The van der Waals surface area contributed by atoms with E-state index in [1.165, 1.54) is 6.20 Å². The van der Waals surface area contributed by atoms with E-state index in [9.17, 15) is 9.59 Å². The van der Waals surface area contributed by atoms with E-state index in [2.05, 4.69) is 25.7 Å². The molecule has 2 amide bonds. The van der Waals surface area contributed by atoms with Crippen molar-refractivity contribution in [3.63, 3.8) is 0 Å². The van der Waals surface area contributed by atoms with Crippen molar-refractivity contribution < 1.29 is 14.3 Å². The normalized spacial score (nSPS) is 11.0. The number of nitrogens with one attached hydrogen (secondary N) is 2. The van der Waals surface area contributed by atoms with Gasteiger partial charge in [-0.05, 0) is 42.8 Å². The summed E-state index contributed by atoms with van der Waals surface area (Å²) in [7, 11) is 3.34. The molecule has 0 spiro atoms. The maximum Gasteiger partial charge on any atom is 0.276 e. The lowest BCUT2D eigenvalue weighted by Gasteiger charge is -2.11. The van der Waals surface area contributed by atoms with Gasteiger partial charge in [0.1, 0.15) is 17.1 Å². The average molecular weight is 455 g/mol. The van der Waals surface area contributed by atoms with Gasteiger partial charge in [-0.1, -0.05) is 0 Å². The van der Waals surface area contributed by atoms with E-state index in [-0.39, 0.29) is 17.5 Å². The van der Waals surface area contributed by atoms with Gasteiger partial charge in [-0.15, -0.1) is 0 Å². The Labute approximate surface area is 194 Å². The fourth-order valence-corrected chi connectivity index (χ4v) is 3.80. The second kappa shape index (κ2) is 8.32. The highest BCUT2D eigenvalue weighted by atomic mass is 16.5. The van der Waals surface area contributed by atoms with Crippen molar-refractivity contribution in [1.29, 1.82) is 0 Å².